The van der Waals surface area contributed by atoms with Crippen molar-refractivity contribution in [2.45, 2.75) is 23.9 Å². The maximum absolute atomic E-state index is 12.7. The van der Waals surface area contributed by atoms with Gasteiger partial charge in [0, 0.05) is 18.8 Å². The summed E-state index contributed by atoms with van der Waals surface area (Å²) in [5.41, 5.74) is -0.632. The molecule has 2 aromatic carbocycles. The van der Waals surface area contributed by atoms with Crippen LogP contribution in [0.3, 0.4) is 0 Å². The summed E-state index contributed by atoms with van der Waals surface area (Å²) in [6.45, 7) is 1.20. The molecule has 0 unspecified atom stereocenters. The number of amides is 1. The highest BCUT2D eigenvalue weighted by atomic mass is 32.2. The number of hydrogen-bond acceptors (Lipinski definition) is 5. The molecular weight excluding hydrogens is 423 g/mol. The van der Waals surface area contributed by atoms with Crippen molar-refractivity contribution >= 4 is 32.6 Å². The molecule has 0 aliphatic carbocycles. The first-order valence-electron chi connectivity index (χ1n) is 9.04. The van der Waals surface area contributed by atoms with Crippen LogP contribution in [0.5, 0.6) is 0 Å². The van der Waals surface area contributed by atoms with Crippen molar-refractivity contribution in [1.29, 1.82) is 0 Å². The van der Waals surface area contributed by atoms with E-state index in [4.69, 9.17) is 4.52 Å². The quantitative estimate of drug-likeness (QED) is 0.666. The molecule has 0 saturated carbocycles. The molecule has 0 atom stereocenters. The number of likely N-dealkylation sites (tertiary alicyclic amines) is 1. The lowest BCUT2D eigenvalue weighted by molar-refractivity contribution is -0.137. The third-order valence-electron chi connectivity index (χ3n) is 4.81. The summed E-state index contributed by atoms with van der Waals surface area (Å²) in [6.07, 6.45) is -2.74. The lowest BCUT2D eigenvalue weighted by atomic mass is 10.2. The normalized spacial score (nSPS) is 15.0. The number of sulfonamides is 1. The predicted molar refractivity (Wildman–Crippen MR) is 101 cm³/mol. The van der Waals surface area contributed by atoms with Gasteiger partial charge in [-0.1, -0.05) is 5.16 Å². The molecule has 2 heterocycles. The lowest BCUT2D eigenvalue weighted by Gasteiger charge is -2.13. The van der Waals surface area contributed by atoms with Gasteiger partial charge in [-0.15, -0.1) is 0 Å². The zero-order valence-electron chi connectivity index (χ0n) is 15.4. The van der Waals surface area contributed by atoms with E-state index in [1.165, 1.54) is 18.2 Å². The van der Waals surface area contributed by atoms with Crippen molar-refractivity contribution in [2.75, 3.05) is 17.8 Å². The second kappa shape index (κ2) is 7.31. The Bertz CT molecular complexity index is 1200. The number of nitrogens with one attached hydrogen (secondary N) is 1. The average Bonchev–Trinajstić information content (AvgIpc) is 3.36. The molecular formula is C19H16F3N3O4S. The standard InChI is InChI=1S/C19H16F3N3O4S/c20-19(21,22)12-3-5-13(6-4-12)24-30(27,28)14-7-8-16-15(11-14)17(23-29-16)18(26)25-9-1-2-10-25/h3-8,11,24H,1-2,9-10H2. The first-order valence-corrected chi connectivity index (χ1v) is 10.5. The second-order valence-corrected chi connectivity index (χ2v) is 8.55. The van der Waals surface area contributed by atoms with Gasteiger partial charge in [0.2, 0.25) is 0 Å². The van der Waals surface area contributed by atoms with Crippen molar-refractivity contribution in [3.8, 4) is 0 Å². The van der Waals surface area contributed by atoms with E-state index in [0.29, 0.717) is 13.1 Å². The van der Waals surface area contributed by atoms with Crippen molar-refractivity contribution in [1.82, 2.24) is 10.1 Å². The maximum Gasteiger partial charge on any atom is 0.416 e. The smallest absolute Gasteiger partial charge is 0.355 e. The van der Waals surface area contributed by atoms with Crippen molar-refractivity contribution in [3.63, 3.8) is 0 Å². The SMILES string of the molecule is O=C(c1noc2ccc(S(=O)(=O)Nc3ccc(C(F)(F)F)cc3)cc12)N1CCCC1. The average molecular weight is 439 g/mol. The minimum atomic E-state index is -4.52. The van der Waals surface area contributed by atoms with Gasteiger partial charge in [-0.05, 0) is 55.3 Å². The number of halogens is 3. The van der Waals surface area contributed by atoms with Gasteiger partial charge in [-0.3, -0.25) is 9.52 Å². The zero-order valence-corrected chi connectivity index (χ0v) is 16.3. The third kappa shape index (κ3) is 3.84. The molecule has 1 amide bonds. The Kier molecular flexibility index (Phi) is 4.92. The Morgan fingerprint density at radius 1 is 1.07 bits per heavy atom. The number of rotatable bonds is 4. The van der Waals surface area contributed by atoms with Crippen LogP contribution in [0.25, 0.3) is 11.0 Å². The fourth-order valence-corrected chi connectivity index (χ4v) is 4.33. The van der Waals surface area contributed by atoms with Crippen molar-refractivity contribution in [2.24, 2.45) is 0 Å². The van der Waals surface area contributed by atoms with E-state index in [1.807, 2.05) is 0 Å². The fourth-order valence-electron chi connectivity index (χ4n) is 3.25. The van der Waals surface area contributed by atoms with E-state index in [9.17, 15) is 26.4 Å². The van der Waals surface area contributed by atoms with Crippen LogP contribution in [0.2, 0.25) is 0 Å². The van der Waals surface area contributed by atoms with Gasteiger partial charge in [0.15, 0.2) is 11.3 Å². The number of aromatic nitrogens is 1. The summed E-state index contributed by atoms with van der Waals surface area (Å²) in [5.74, 6) is -0.337. The Morgan fingerprint density at radius 2 is 1.73 bits per heavy atom. The van der Waals surface area contributed by atoms with E-state index in [2.05, 4.69) is 9.88 Å². The Balaban J connectivity index is 1.63. The maximum atomic E-state index is 12.7. The van der Waals surface area contributed by atoms with Crippen molar-refractivity contribution in [3.05, 3.63) is 53.7 Å². The van der Waals surface area contributed by atoms with Crippen molar-refractivity contribution < 1.29 is 30.9 Å². The summed E-state index contributed by atoms with van der Waals surface area (Å²) < 4.78 is 70.8. The molecule has 0 spiro atoms. The summed E-state index contributed by atoms with van der Waals surface area (Å²) in [7, 11) is -4.12. The van der Waals surface area contributed by atoms with Gasteiger partial charge >= 0.3 is 6.18 Å². The van der Waals surface area contributed by atoms with E-state index in [0.717, 1.165) is 37.1 Å². The molecule has 1 aromatic heterocycles. The Hall–Kier alpha value is -3.08. The van der Waals surface area contributed by atoms with Crippen LogP contribution >= 0.6 is 0 Å². The fraction of sp³-hybridized carbons (Fsp3) is 0.263. The third-order valence-corrected chi connectivity index (χ3v) is 6.19. The molecule has 4 rings (SSSR count). The number of carbonyl (C=O) groups is 1. The van der Waals surface area contributed by atoms with E-state index < -0.39 is 21.8 Å². The Labute approximate surface area is 169 Å². The highest BCUT2D eigenvalue weighted by Gasteiger charge is 2.30. The molecule has 11 heteroatoms. The highest BCUT2D eigenvalue weighted by Crippen LogP contribution is 2.31. The van der Waals surface area contributed by atoms with Gasteiger partial charge in [0.25, 0.3) is 15.9 Å². The lowest BCUT2D eigenvalue weighted by Crippen LogP contribution is -2.28. The van der Waals surface area contributed by atoms with Gasteiger partial charge in [0.05, 0.1) is 15.8 Å². The van der Waals surface area contributed by atoms with Gasteiger partial charge in [-0.25, -0.2) is 8.42 Å². The number of anilines is 1. The number of fused-ring (bicyclic) bond motifs is 1. The van der Waals surface area contributed by atoms with Crippen LogP contribution in [-0.4, -0.2) is 37.5 Å². The molecule has 1 fully saturated rings. The van der Waals surface area contributed by atoms with Crippen LogP contribution in [0, 0.1) is 0 Å². The highest BCUT2D eigenvalue weighted by molar-refractivity contribution is 7.92. The van der Waals surface area contributed by atoms with Gasteiger partial charge in [0.1, 0.15) is 0 Å². The van der Waals surface area contributed by atoms with Crippen LogP contribution in [-0.2, 0) is 16.2 Å². The second-order valence-electron chi connectivity index (χ2n) is 6.87. The minimum Gasteiger partial charge on any atom is -0.355 e. The molecule has 1 saturated heterocycles. The first kappa shape index (κ1) is 20.2. The number of benzene rings is 2. The number of alkyl halides is 3. The monoisotopic (exact) mass is 439 g/mol. The van der Waals surface area contributed by atoms with Crippen LogP contribution in [0.4, 0.5) is 18.9 Å². The van der Waals surface area contributed by atoms with E-state index in [1.54, 1.807) is 4.90 Å². The molecule has 0 bridgehead atoms. The zero-order chi connectivity index (χ0) is 21.5. The van der Waals surface area contributed by atoms with Crippen LogP contribution in [0.1, 0.15) is 28.9 Å². The summed E-state index contributed by atoms with van der Waals surface area (Å²) in [4.78, 5) is 14.1. The molecule has 30 heavy (non-hydrogen) atoms. The number of carbonyl (C=O) groups excluding carboxylic acids is 1. The van der Waals surface area contributed by atoms with Gasteiger partial charge in [-0.2, -0.15) is 13.2 Å². The van der Waals surface area contributed by atoms with E-state index in [-0.39, 0.29) is 33.2 Å². The summed E-state index contributed by atoms with van der Waals surface area (Å²) >= 11 is 0. The largest absolute Gasteiger partial charge is 0.416 e. The van der Waals surface area contributed by atoms with Gasteiger partial charge < -0.3 is 9.42 Å². The number of hydrogen-bond donors (Lipinski definition) is 1. The molecule has 1 N–H and O–H groups in total. The van der Waals surface area contributed by atoms with Crippen LogP contribution in [0.15, 0.2) is 51.9 Å². The summed E-state index contributed by atoms with van der Waals surface area (Å²) in [5, 5.41) is 4.04. The summed E-state index contributed by atoms with van der Waals surface area (Å²) in [6, 6.07) is 7.54. The van der Waals surface area contributed by atoms with Crippen LogP contribution < -0.4 is 4.72 Å². The molecule has 0 radical (unpaired) electrons. The molecule has 1 aliphatic rings. The first-order chi connectivity index (χ1) is 14.1. The molecule has 158 valence electrons. The number of nitrogens with zero attached hydrogens (tertiary/aromatic N) is 2. The van der Waals surface area contributed by atoms with E-state index >= 15 is 0 Å². The molecule has 1 aliphatic heterocycles. The Morgan fingerprint density at radius 3 is 2.37 bits per heavy atom. The minimum absolute atomic E-state index is 0.0261. The predicted octanol–water partition coefficient (Wildman–Crippen LogP) is 3.88. The molecule has 3 aromatic rings. The molecule has 7 nitrogen and oxygen atoms in total. The topological polar surface area (TPSA) is 92.5 Å².